The molecule has 0 bridgehead atoms. The maximum atomic E-state index is 11.6. The monoisotopic (exact) mass is 262 g/mol. The summed E-state index contributed by atoms with van der Waals surface area (Å²) in [6.07, 6.45) is 5.13. The molecule has 0 saturated heterocycles. The van der Waals surface area contributed by atoms with Crippen molar-refractivity contribution < 1.29 is 4.79 Å². The molecule has 1 fully saturated rings. The number of aromatic nitrogens is 1. The minimum absolute atomic E-state index is 0.345. The highest BCUT2D eigenvalue weighted by atomic mass is 16.1. The van der Waals surface area contributed by atoms with Gasteiger partial charge in [0.15, 0.2) is 0 Å². The van der Waals surface area contributed by atoms with Gasteiger partial charge in [-0.25, -0.2) is 4.98 Å². The molecule has 0 radical (unpaired) electrons. The maximum Gasteiger partial charge on any atom is 0.252 e. The molecule has 1 amide bonds. The summed E-state index contributed by atoms with van der Waals surface area (Å²) in [5.41, 5.74) is 12.7. The molecule has 0 aliphatic heterocycles. The number of carbonyl (C=O) groups excluding carboxylic acids is 1. The van der Waals surface area contributed by atoms with Crippen molar-refractivity contribution >= 4 is 11.7 Å². The van der Waals surface area contributed by atoms with Crippen LogP contribution in [0.2, 0.25) is 0 Å². The van der Waals surface area contributed by atoms with Crippen molar-refractivity contribution in [3.63, 3.8) is 0 Å². The van der Waals surface area contributed by atoms with Crippen LogP contribution in [-0.2, 0) is 0 Å². The van der Waals surface area contributed by atoms with E-state index in [1.165, 1.54) is 6.42 Å². The summed E-state index contributed by atoms with van der Waals surface area (Å²) in [5, 5.41) is 0. The van der Waals surface area contributed by atoms with Crippen LogP contribution in [0.5, 0.6) is 0 Å². The average Bonchev–Trinajstić information content (AvgIpc) is 2.85. The predicted molar refractivity (Wildman–Crippen MR) is 76.1 cm³/mol. The third-order valence-corrected chi connectivity index (χ3v) is 4.14. The molecule has 1 saturated carbocycles. The molecule has 1 heterocycles. The second kappa shape index (κ2) is 5.57. The van der Waals surface area contributed by atoms with Gasteiger partial charge in [-0.1, -0.05) is 6.42 Å². The van der Waals surface area contributed by atoms with Crippen LogP contribution in [0.4, 0.5) is 5.82 Å². The van der Waals surface area contributed by atoms with Gasteiger partial charge >= 0.3 is 0 Å². The molecule has 5 heteroatoms. The van der Waals surface area contributed by atoms with E-state index in [4.69, 9.17) is 11.5 Å². The maximum absolute atomic E-state index is 11.6. The number of pyridine rings is 1. The SMILES string of the molecule is Cc1ccnc(N(C)C2CCCC2CN)c1C(N)=O. The Morgan fingerprint density at radius 3 is 2.89 bits per heavy atom. The Hall–Kier alpha value is -1.62. The average molecular weight is 262 g/mol. The van der Waals surface area contributed by atoms with Gasteiger partial charge in [-0.05, 0) is 43.9 Å². The van der Waals surface area contributed by atoms with Crippen LogP contribution in [0.15, 0.2) is 12.3 Å². The van der Waals surface area contributed by atoms with Crippen LogP contribution in [0.3, 0.4) is 0 Å². The Morgan fingerprint density at radius 1 is 1.53 bits per heavy atom. The van der Waals surface area contributed by atoms with Crippen molar-refractivity contribution in [2.45, 2.75) is 32.2 Å². The zero-order valence-electron chi connectivity index (χ0n) is 11.6. The first kappa shape index (κ1) is 13.8. The third kappa shape index (κ3) is 2.56. The largest absolute Gasteiger partial charge is 0.365 e. The highest BCUT2D eigenvalue weighted by molar-refractivity contribution is 5.99. The van der Waals surface area contributed by atoms with Crippen molar-refractivity contribution in [3.8, 4) is 0 Å². The standard InChI is InChI=1S/C14H22N4O/c1-9-6-7-17-14(12(9)13(16)19)18(2)11-5-3-4-10(11)8-15/h6-7,10-11H,3-5,8,15H2,1-2H3,(H2,16,19). The van der Waals surface area contributed by atoms with Crippen LogP contribution < -0.4 is 16.4 Å². The number of aryl methyl sites for hydroxylation is 1. The van der Waals surface area contributed by atoms with Gasteiger partial charge in [0.05, 0.1) is 5.56 Å². The van der Waals surface area contributed by atoms with Gasteiger partial charge in [0.1, 0.15) is 5.82 Å². The van der Waals surface area contributed by atoms with Crippen LogP contribution in [0.1, 0.15) is 35.2 Å². The van der Waals surface area contributed by atoms with Gasteiger partial charge in [-0.2, -0.15) is 0 Å². The zero-order chi connectivity index (χ0) is 14.0. The summed E-state index contributed by atoms with van der Waals surface area (Å²) in [4.78, 5) is 18.1. The molecule has 2 atom stereocenters. The summed E-state index contributed by atoms with van der Waals surface area (Å²) in [7, 11) is 1.98. The zero-order valence-corrected chi connectivity index (χ0v) is 11.6. The minimum Gasteiger partial charge on any atom is -0.365 e. The lowest BCUT2D eigenvalue weighted by Crippen LogP contribution is -2.39. The van der Waals surface area contributed by atoms with Crippen molar-refractivity contribution in [1.82, 2.24) is 4.98 Å². The topological polar surface area (TPSA) is 85.2 Å². The Labute approximate surface area is 114 Å². The highest BCUT2D eigenvalue weighted by Gasteiger charge is 2.31. The van der Waals surface area contributed by atoms with E-state index in [1.54, 1.807) is 6.20 Å². The van der Waals surface area contributed by atoms with Crippen LogP contribution in [-0.4, -0.2) is 30.5 Å². The number of primary amides is 1. The van der Waals surface area contributed by atoms with Gasteiger partial charge in [0, 0.05) is 19.3 Å². The molecule has 1 aromatic rings. The van der Waals surface area contributed by atoms with E-state index >= 15 is 0 Å². The molecule has 1 aliphatic rings. The summed E-state index contributed by atoms with van der Waals surface area (Å²) < 4.78 is 0. The third-order valence-electron chi connectivity index (χ3n) is 4.14. The van der Waals surface area contributed by atoms with E-state index in [0.717, 1.165) is 18.4 Å². The van der Waals surface area contributed by atoms with Crippen molar-refractivity contribution in [2.24, 2.45) is 17.4 Å². The lowest BCUT2D eigenvalue weighted by Gasteiger charge is -2.31. The molecule has 19 heavy (non-hydrogen) atoms. The fourth-order valence-electron chi connectivity index (χ4n) is 3.08. The molecule has 2 unspecified atom stereocenters. The van der Waals surface area contributed by atoms with Crippen LogP contribution in [0, 0.1) is 12.8 Å². The van der Waals surface area contributed by atoms with Crippen LogP contribution in [0.25, 0.3) is 0 Å². The molecular formula is C14H22N4O. The molecule has 104 valence electrons. The van der Waals surface area contributed by atoms with E-state index in [1.807, 2.05) is 20.0 Å². The van der Waals surface area contributed by atoms with Crippen LogP contribution >= 0.6 is 0 Å². The van der Waals surface area contributed by atoms with E-state index in [9.17, 15) is 4.79 Å². The van der Waals surface area contributed by atoms with Gasteiger partial charge < -0.3 is 16.4 Å². The molecule has 1 aliphatic carbocycles. The fraction of sp³-hybridized carbons (Fsp3) is 0.571. The number of anilines is 1. The molecular weight excluding hydrogens is 240 g/mol. The summed E-state index contributed by atoms with van der Waals surface area (Å²) >= 11 is 0. The molecule has 0 aromatic carbocycles. The lowest BCUT2D eigenvalue weighted by molar-refractivity contribution is 0.1000. The summed E-state index contributed by atoms with van der Waals surface area (Å²) in [6.45, 7) is 2.56. The number of hydrogen-bond donors (Lipinski definition) is 2. The molecule has 4 N–H and O–H groups in total. The van der Waals surface area contributed by atoms with E-state index in [-0.39, 0.29) is 0 Å². The number of nitrogens with zero attached hydrogens (tertiary/aromatic N) is 2. The second-order valence-electron chi connectivity index (χ2n) is 5.30. The van der Waals surface area contributed by atoms with E-state index in [0.29, 0.717) is 29.9 Å². The van der Waals surface area contributed by atoms with Gasteiger partial charge in [-0.15, -0.1) is 0 Å². The predicted octanol–water partition coefficient (Wildman–Crippen LogP) is 1.05. The Kier molecular flexibility index (Phi) is 4.04. The normalized spacial score (nSPS) is 22.5. The Bertz CT molecular complexity index is 475. The first-order chi connectivity index (χ1) is 9.06. The highest BCUT2D eigenvalue weighted by Crippen LogP contribution is 2.32. The summed E-state index contributed by atoms with van der Waals surface area (Å²) in [6, 6.07) is 2.16. The number of amides is 1. The van der Waals surface area contributed by atoms with E-state index in [2.05, 4.69) is 9.88 Å². The van der Waals surface area contributed by atoms with Crippen molar-refractivity contribution in [3.05, 3.63) is 23.4 Å². The van der Waals surface area contributed by atoms with Gasteiger partial charge in [0.25, 0.3) is 5.91 Å². The molecule has 5 nitrogen and oxygen atoms in total. The number of hydrogen-bond acceptors (Lipinski definition) is 4. The number of carbonyl (C=O) groups is 1. The first-order valence-electron chi connectivity index (χ1n) is 6.74. The molecule has 0 spiro atoms. The number of rotatable bonds is 4. The Morgan fingerprint density at radius 2 is 2.26 bits per heavy atom. The van der Waals surface area contributed by atoms with E-state index < -0.39 is 5.91 Å². The van der Waals surface area contributed by atoms with Gasteiger partial charge in [-0.3, -0.25) is 4.79 Å². The molecule has 2 rings (SSSR count). The van der Waals surface area contributed by atoms with Crippen molar-refractivity contribution in [2.75, 3.05) is 18.5 Å². The Balaban J connectivity index is 2.36. The lowest BCUT2D eigenvalue weighted by atomic mass is 10.0. The number of nitrogens with two attached hydrogens (primary N) is 2. The second-order valence-corrected chi connectivity index (χ2v) is 5.30. The fourth-order valence-corrected chi connectivity index (χ4v) is 3.08. The summed E-state index contributed by atoms with van der Waals surface area (Å²) in [5.74, 6) is 0.723. The first-order valence-corrected chi connectivity index (χ1v) is 6.74. The van der Waals surface area contributed by atoms with Gasteiger partial charge in [0.2, 0.25) is 0 Å². The minimum atomic E-state index is -0.422. The quantitative estimate of drug-likeness (QED) is 0.849. The van der Waals surface area contributed by atoms with Crippen molar-refractivity contribution in [1.29, 1.82) is 0 Å². The molecule has 1 aromatic heterocycles. The smallest absolute Gasteiger partial charge is 0.252 e.